The van der Waals surface area contributed by atoms with Crippen molar-refractivity contribution in [2.45, 2.75) is 40.2 Å². The van der Waals surface area contributed by atoms with Gasteiger partial charge in [-0.15, -0.1) is 0 Å². The molecule has 3 heterocycles. The van der Waals surface area contributed by atoms with Crippen molar-refractivity contribution in [3.8, 4) is 11.3 Å². The molecule has 0 bridgehead atoms. The number of aryl methyl sites for hydroxylation is 2. The molecule has 172 valence electrons. The molecule has 2 aromatic heterocycles. The minimum Gasteiger partial charge on any atom is -0.456 e. The molecule has 6 heteroatoms. The van der Waals surface area contributed by atoms with Crippen molar-refractivity contribution in [3.63, 3.8) is 0 Å². The minimum atomic E-state index is -0.0632. The van der Waals surface area contributed by atoms with Crippen LogP contribution < -0.4 is 5.73 Å². The normalized spacial score (nSPS) is 14.6. The van der Waals surface area contributed by atoms with Crippen LogP contribution >= 0.6 is 0 Å². The van der Waals surface area contributed by atoms with Gasteiger partial charge in [0.05, 0.1) is 5.69 Å². The van der Waals surface area contributed by atoms with E-state index in [-0.39, 0.29) is 11.7 Å². The highest BCUT2D eigenvalue weighted by atomic mass is 16.3. The number of aromatic nitrogens is 1. The lowest BCUT2D eigenvalue weighted by atomic mass is 9.96. The Labute approximate surface area is 194 Å². The maximum atomic E-state index is 12.7. The molecule has 1 aliphatic heterocycles. The fourth-order valence-electron chi connectivity index (χ4n) is 4.91. The summed E-state index contributed by atoms with van der Waals surface area (Å²) >= 11 is 0. The van der Waals surface area contributed by atoms with Crippen LogP contribution in [0.25, 0.3) is 28.0 Å². The number of amides is 1. The first-order valence-corrected chi connectivity index (χ1v) is 11.3. The first kappa shape index (κ1) is 22.6. The van der Waals surface area contributed by atoms with Gasteiger partial charge >= 0.3 is 0 Å². The van der Waals surface area contributed by atoms with Gasteiger partial charge in [0, 0.05) is 60.5 Å². The van der Waals surface area contributed by atoms with Crippen molar-refractivity contribution in [2.24, 2.45) is 11.7 Å². The van der Waals surface area contributed by atoms with E-state index in [9.17, 15) is 9.59 Å². The molecule has 1 amide bonds. The molecule has 0 radical (unpaired) electrons. The molecule has 0 spiro atoms. The second kappa shape index (κ2) is 8.77. The maximum absolute atomic E-state index is 12.7. The number of piperidine rings is 1. The Bertz CT molecular complexity index is 1270. The number of carbonyl (C=O) groups excluding carboxylic acids is 2. The third-order valence-corrected chi connectivity index (χ3v) is 6.62. The van der Waals surface area contributed by atoms with E-state index in [4.69, 9.17) is 10.2 Å². The second-order valence-corrected chi connectivity index (χ2v) is 9.03. The third kappa shape index (κ3) is 4.13. The van der Waals surface area contributed by atoms with Gasteiger partial charge in [0.25, 0.3) is 0 Å². The fraction of sp³-hybridized carbons (Fsp3) is 0.333. The van der Waals surface area contributed by atoms with E-state index in [1.165, 1.54) is 6.08 Å². The molecule has 1 aliphatic rings. The zero-order valence-corrected chi connectivity index (χ0v) is 19.6. The highest BCUT2D eigenvalue weighted by Gasteiger charge is 2.28. The van der Waals surface area contributed by atoms with Crippen LogP contribution in [0.1, 0.15) is 46.9 Å². The molecule has 0 atom stereocenters. The first-order valence-electron chi connectivity index (χ1n) is 11.3. The van der Waals surface area contributed by atoms with Crippen LogP contribution in [0.5, 0.6) is 0 Å². The number of nitrogens with two attached hydrogens (primary N) is 1. The fourth-order valence-corrected chi connectivity index (χ4v) is 4.91. The molecule has 1 saturated heterocycles. The van der Waals surface area contributed by atoms with Crippen molar-refractivity contribution in [2.75, 3.05) is 13.1 Å². The highest BCUT2D eigenvalue weighted by molar-refractivity contribution is 6.02. The standard InChI is InChI=1S/C27H31N3O3/c1-6-24(32)29-11-9-20(10-12-29)14-30-15-22(25(18(4)28)26(30)19(5)31)27-17(3)21-13-16(2)7-8-23(21)33-27/h6-8,13,15,20H,1,4,9-12,14,28H2,2-3,5H3. The van der Waals surface area contributed by atoms with E-state index in [2.05, 4.69) is 26.1 Å². The van der Waals surface area contributed by atoms with Crippen molar-refractivity contribution in [1.82, 2.24) is 9.47 Å². The largest absolute Gasteiger partial charge is 0.456 e. The van der Waals surface area contributed by atoms with Gasteiger partial charge < -0.3 is 19.6 Å². The number of hydrogen-bond donors (Lipinski definition) is 1. The van der Waals surface area contributed by atoms with Crippen LogP contribution in [0.3, 0.4) is 0 Å². The minimum absolute atomic E-state index is 0.0292. The van der Waals surface area contributed by atoms with E-state index >= 15 is 0 Å². The topological polar surface area (TPSA) is 81.5 Å². The molecule has 0 aliphatic carbocycles. The number of benzene rings is 1. The van der Waals surface area contributed by atoms with Crippen molar-refractivity contribution >= 4 is 28.4 Å². The summed E-state index contributed by atoms with van der Waals surface area (Å²) in [5.74, 6) is 0.963. The number of furan rings is 1. The van der Waals surface area contributed by atoms with Crippen LogP contribution in [-0.4, -0.2) is 34.2 Å². The molecular weight excluding hydrogens is 414 g/mol. The van der Waals surface area contributed by atoms with E-state index in [1.807, 2.05) is 34.7 Å². The quantitative estimate of drug-likeness (QED) is 0.424. The van der Waals surface area contributed by atoms with Gasteiger partial charge in [0.1, 0.15) is 11.3 Å². The monoisotopic (exact) mass is 445 g/mol. The van der Waals surface area contributed by atoms with Crippen LogP contribution in [-0.2, 0) is 11.3 Å². The summed E-state index contributed by atoms with van der Waals surface area (Å²) in [5, 5.41) is 1.05. The molecule has 4 rings (SSSR count). The van der Waals surface area contributed by atoms with Gasteiger partial charge in [-0.1, -0.05) is 24.8 Å². The lowest BCUT2D eigenvalue weighted by Crippen LogP contribution is -2.38. The first-order chi connectivity index (χ1) is 15.7. The summed E-state index contributed by atoms with van der Waals surface area (Å²) in [5.41, 5.74) is 11.5. The van der Waals surface area contributed by atoms with Crippen molar-refractivity contribution in [1.29, 1.82) is 0 Å². The Balaban J connectivity index is 1.75. The van der Waals surface area contributed by atoms with E-state index in [0.29, 0.717) is 48.3 Å². The number of ketones is 1. The molecule has 1 fully saturated rings. The smallest absolute Gasteiger partial charge is 0.245 e. The number of carbonyl (C=O) groups is 2. The van der Waals surface area contributed by atoms with Gasteiger partial charge in [-0.05, 0) is 50.8 Å². The van der Waals surface area contributed by atoms with Gasteiger partial charge in [-0.25, -0.2) is 0 Å². The lowest BCUT2D eigenvalue weighted by Gasteiger charge is -2.31. The van der Waals surface area contributed by atoms with Crippen LogP contribution in [0.4, 0.5) is 0 Å². The van der Waals surface area contributed by atoms with E-state index < -0.39 is 0 Å². The van der Waals surface area contributed by atoms with Crippen LogP contribution in [0.15, 0.2) is 48.0 Å². The molecular formula is C27H31N3O3. The van der Waals surface area contributed by atoms with Gasteiger partial charge in [-0.2, -0.15) is 0 Å². The Morgan fingerprint density at radius 2 is 1.94 bits per heavy atom. The SMILES string of the molecule is C=CC(=O)N1CCC(Cn2cc(-c3oc4ccc(C)cc4c3C)c(C(=C)N)c2C(C)=O)CC1. The summed E-state index contributed by atoms with van der Waals surface area (Å²) in [6.07, 6.45) is 5.07. The van der Waals surface area contributed by atoms with Crippen LogP contribution in [0, 0.1) is 19.8 Å². The molecule has 3 aromatic rings. The molecule has 0 saturated carbocycles. The Morgan fingerprint density at radius 1 is 1.24 bits per heavy atom. The van der Waals surface area contributed by atoms with E-state index in [1.54, 1.807) is 6.92 Å². The average molecular weight is 446 g/mol. The van der Waals surface area contributed by atoms with Crippen molar-refractivity contribution in [3.05, 3.63) is 66.0 Å². The predicted molar refractivity (Wildman–Crippen MR) is 132 cm³/mol. The number of hydrogen-bond acceptors (Lipinski definition) is 4. The number of rotatable bonds is 6. The van der Waals surface area contributed by atoms with Crippen molar-refractivity contribution < 1.29 is 14.0 Å². The maximum Gasteiger partial charge on any atom is 0.245 e. The number of fused-ring (bicyclic) bond motifs is 1. The summed E-state index contributed by atoms with van der Waals surface area (Å²) in [6.45, 7) is 15.2. The average Bonchev–Trinajstić information content (AvgIpc) is 3.31. The Morgan fingerprint density at radius 3 is 2.55 bits per heavy atom. The number of Topliss-reactive ketones (excluding diaryl/α,β-unsaturated/α-hetero) is 1. The molecule has 1 aromatic carbocycles. The highest BCUT2D eigenvalue weighted by Crippen LogP contribution is 2.39. The molecule has 33 heavy (non-hydrogen) atoms. The van der Waals surface area contributed by atoms with Gasteiger partial charge in [0.15, 0.2) is 5.78 Å². The zero-order valence-electron chi connectivity index (χ0n) is 19.6. The molecule has 6 nitrogen and oxygen atoms in total. The Hall–Kier alpha value is -3.54. The summed E-state index contributed by atoms with van der Waals surface area (Å²) in [6, 6.07) is 6.10. The second-order valence-electron chi connectivity index (χ2n) is 9.03. The summed E-state index contributed by atoms with van der Waals surface area (Å²) < 4.78 is 8.25. The summed E-state index contributed by atoms with van der Waals surface area (Å²) in [7, 11) is 0. The van der Waals surface area contributed by atoms with Gasteiger partial charge in [0.2, 0.25) is 5.91 Å². The zero-order chi connectivity index (χ0) is 23.9. The molecule has 0 unspecified atom stereocenters. The number of nitrogens with zero attached hydrogens (tertiary/aromatic N) is 2. The van der Waals surface area contributed by atoms with E-state index in [0.717, 1.165) is 40.5 Å². The summed E-state index contributed by atoms with van der Waals surface area (Å²) in [4.78, 5) is 26.5. The Kier molecular flexibility index (Phi) is 6.02. The predicted octanol–water partition coefficient (Wildman–Crippen LogP) is 5.07. The molecule has 2 N–H and O–H groups in total. The van der Waals surface area contributed by atoms with Gasteiger partial charge in [-0.3, -0.25) is 9.59 Å². The number of likely N-dealkylation sites (tertiary alicyclic amines) is 1. The lowest BCUT2D eigenvalue weighted by molar-refractivity contribution is -0.127. The van der Waals surface area contributed by atoms with Crippen LogP contribution in [0.2, 0.25) is 0 Å². The third-order valence-electron chi connectivity index (χ3n) is 6.62.